The van der Waals surface area contributed by atoms with Crippen molar-refractivity contribution < 1.29 is 9.59 Å². The van der Waals surface area contributed by atoms with Crippen LogP contribution < -0.4 is 10.2 Å². The maximum absolute atomic E-state index is 12.8. The van der Waals surface area contributed by atoms with Crippen LogP contribution in [0.4, 0.5) is 5.69 Å². The topological polar surface area (TPSA) is 67.2 Å². The molecule has 1 N–H and O–H groups in total. The second-order valence-corrected chi connectivity index (χ2v) is 7.30. The zero-order valence-electron chi connectivity index (χ0n) is 15.6. The van der Waals surface area contributed by atoms with Crippen molar-refractivity contribution >= 4 is 40.1 Å². The molecule has 4 rings (SSSR count). The smallest absolute Gasteiger partial charge is 0.253 e. The molecule has 0 atom stereocenters. The monoisotopic (exact) mass is 396 g/mol. The summed E-state index contributed by atoms with van der Waals surface area (Å²) in [4.78, 5) is 31.1. The lowest BCUT2D eigenvalue weighted by molar-refractivity contribution is -0.117. The molecular weight excluding hydrogens is 376 g/mol. The first-order valence-corrected chi connectivity index (χ1v) is 9.72. The van der Waals surface area contributed by atoms with E-state index in [-0.39, 0.29) is 11.8 Å². The zero-order chi connectivity index (χ0) is 19.7. The van der Waals surface area contributed by atoms with E-state index in [2.05, 4.69) is 14.9 Å². The Kier molecular flexibility index (Phi) is 5.05. The third kappa shape index (κ3) is 3.47. The Hall–Kier alpha value is -2.86. The molecule has 0 bridgehead atoms. The van der Waals surface area contributed by atoms with Gasteiger partial charge in [-0.15, -0.1) is 0 Å². The Morgan fingerprint density at radius 2 is 2.07 bits per heavy atom. The molecule has 0 spiro atoms. The fourth-order valence-electron chi connectivity index (χ4n) is 3.68. The van der Waals surface area contributed by atoms with E-state index >= 15 is 0 Å². The average Bonchev–Trinajstić information content (AvgIpc) is 3.24. The number of benzene rings is 2. The molecule has 1 fully saturated rings. The third-order valence-corrected chi connectivity index (χ3v) is 5.27. The van der Waals surface area contributed by atoms with Gasteiger partial charge in [0.25, 0.3) is 5.91 Å². The van der Waals surface area contributed by atoms with Crippen molar-refractivity contribution in [2.75, 3.05) is 18.0 Å². The normalized spacial score (nSPS) is 14.1. The van der Waals surface area contributed by atoms with Gasteiger partial charge in [0.05, 0.1) is 22.3 Å². The third-order valence-electron chi connectivity index (χ3n) is 5.03. The molecule has 7 heteroatoms. The quantitative estimate of drug-likeness (QED) is 0.717. The Labute approximate surface area is 168 Å². The van der Waals surface area contributed by atoms with Crippen molar-refractivity contribution in [3.05, 3.63) is 58.9 Å². The molecule has 1 aliphatic heterocycles. The van der Waals surface area contributed by atoms with Gasteiger partial charge in [-0.3, -0.25) is 9.59 Å². The second kappa shape index (κ2) is 7.64. The van der Waals surface area contributed by atoms with Gasteiger partial charge in [0.15, 0.2) is 0 Å². The largest absolute Gasteiger partial charge is 0.350 e. The van der Waals surface area contributed by atoms with E-state index in [1.165, 1.54) is 0 Å². The molecule has 28 heavy (non-hydrogen) atoms. The minimum Gasteiger partial charge on any atom is -0.350 e. The number of imidazole rings is 1. The molecule has 0 unspecified atom stereocenters. The molecule has 1 aromatic heterocycles. The van der Waals surface area contributed by atoms with Gasteiger partial charge in [0.1, 0.15) is 5.82 Å². The van der Waals surface area contributed by atoms with Crippen LogP contribution in [-0.2, 0) is 11.3 Å². The summed E-state index contributed by atoms with van der Waals surface area (Å²) in [5.41, 5.74) is 3.03. The average molecular weight is 397 g/mol. The van der Waals surface area contributed by atoms with Crippen molar-refractivity contribution in [2.45, 2.75) is 26.3 Å². The summed E-state index contributed by atoms with van der Waals surface area (Å²) in [6, 6.07) is 13.0. The molecule has 6 nitrogen and oxygen atoms in total. The molecule has 2 heterocycles. The standard InChI is InChI=1S/C21H21ClN4O2/c1-14-24-17-5-2-3-6-18(17)25(14)12-10-23-21(28)16-9-8-15(22)13-19(16)26-11-4-7-20(26)27/h2-3,5-6,8-9,13H,4,7,10-12H2,1H3,(H,23,28). The number of halogens is 1. The van der Waals surface area contributed by atoms with Gasteiger partial charge in [0, 0.05) is 31.1 Å². The van der Waals surface area contributed by atoms with Gasteiger partial charge in [-0.1, -0.05) is 23.7 Å². The van der Waals surface area contributed by atoms with Crippen LogP contribution in [-0.4, -0.2) is 34.5 Å². The molecule has 1 saturated heterocycles. The summed E-state index contributed by atoms with van der Waals surface area (Å²) >= 11 is 6.11. The van der Waals surface area contributed by atoms with Crippen molar-refractivity contribution in [1.82, 2.24) is 14.9 Å². The lowest BCUT2D eigenvalue weighted by Crippen LogP contribution is -2.31. The van der Waals surface area contributed by atoms with Crippen LogP contribution in [0.5, 0.6) is 0 Å². The maximum atomic E-state index is 12.8. The SMILES string of the molecule is Cc1nc2ccccc2n1CCNC(=O)c1ccc(Cl)cc1N1CCCC1=O. The number of amides is 2. The highest BCUT2D eigenvalue weighted by atomic mass is 35.5. The molecule has 144 valence electrons. The van der Waals surface area contributed by atoms with Crippen LogP contribution in [0.15, 0.2) is 42.5 Å². The molecule has 0 saturated carbocycles. The highest BCUT2D eigenvalue weighted by molar-refractivity contribution is 6.31. The predicted molar refractivity (Wildman–Crippen MR) is 110 cm³/mol. The number of carbonyl (C=O) groups excluding carboxylic acids is 2. The van der Waals surface area contributed by atoms with Crippen molar-refractivity contribution in [1.29, 1.82) is 0 Å². The van der Waals surface area contributed by atoms with Crippen LogP contribution in [0.1, 0.15) is 29.0 Å². The zero-order valence-corrected chi connectivity index (χ0v) is 16.4. The number of hydrogen-bond donors (Lipinski definition) is 1. The van der Waals surface area contributed by atoms with Crippen LogP contribution in [0.25, 0.3) is 11.0 Å². The van der Waals surface area contributed by atoms with E-state index in [4.69, 9.17) is 11.6 Å². The summed E-state index contributed by atoms with van der Waals surface area (Å²) in [5, 5.41) is 3.46. The van der Waals surface area contributed by atoms with Crippen LogP contribution in [0.2, 0.25) is 5.02 Å². The molecule has 1 aliphatic rings. The summed E-state index contributed by atoms with van der Waals surface area (Å²) in [6.45, 7) is 3.64. The van der Waals surface area contributed by atoms with Gasteiger partial charge in [0.2, 0.25) is 5.91 Å². The van der Waals surface area contributed by atoms with E-state index < -0.39 is 0 Å². The van der Waals surface area contributed by atoms with Crippen molar-refractivity contribution in [2.24, 2.45) is 0 Å². The number of aryl methyl sites for hydroxylation is 1. The van der Waals surface area contributed by atoms with Gasteiger partial charge >= 0.3 is 0 Å². The molecule has 3 aromatic rings. The molecule has 0 aliphatic carbocycles. The Bertz CT molecular complexity index is 1060. The summed E-state index contributed by atoms with van der Waals surface area (Å²) in [6.07, 6.45) is 1.29. The second-order valence-electron chi connectivity index (χ2n) is 6.87. The summed E-state index contributed by atoms with van der Waals surface area (Å²) in [5.74, 6) is 0.718. The van der Waals surface area contributed by atoms with Crippen LogP contribution in [0.3, 0.4) is 0 Å². The van der Waals surface area contributed by atoms with E-state index in [1.54, 1.807) is 23.1 Å². The summed E-state index contributed by atoms with van der Waals surface area (Å²) in [7, 11) is 0. The highest BCUT2D eigenvalue weighted by Crippen LogP contribution is 2.28. The lowest BCUT2D eigenvalue weighted by Gasteiger charge is -2.20. The summed E-state index contributed by atoms with van der Waals surface area (Å²) < 4.78 is 2.09. The molecule has 2 aromatic carbocycles. The molecular formula is C21H21ClN4O2. The first-order chi connectivity index (χ1) is 13.5. The first kappa shape index (κ1) is 18.5. The van der Waals surface area contributed by atoms with Gasteiger partial charge in [-0.2, -0.15) is 0 Å². The minimum absolute atomic E-state index is 0.0248. The maximum Gasteiger partial charge on any atom is 0.253 e. The number of carbonyl (C=O) groups is 2. The van der Waals surface area contributed by atoms with E-state index in [9.17, 15) is 9.59 Å². The molecule has 2 amide bonds. The van der Waals surface area contributed by atoms with E-state index in [0.717, 1.165) is 23.3 Å². The van der Waals surface area contributed by atoms with E-state index in [1.807, 2.05) is 31.2 Å². The molecule has 0 radical (unpaired) electrons. The number of nitrogens with zero attached hydrogens (tertiary/aromatic N) is 3. The minimum atomic E-state index is -0.214. The fraction of sp³-hybridized carbons (Fsp3) is 0.286. The van der Waals surface area contributed by atoms with Crippen LogP contribution >= 0.6 is 11.6 Å². The number of rotatable bonds is 5. The highest BCUT2D eigenvalue weighted by Gasteiger charge is 2.26. The Morgan fingerprint density at radius 1 is 1.25 bits per heavy atom. The first-order valence-electron chi connectivity index (χ1n) is 9.34. The van der Waals surface area contributed by atoms with Crippen LogP contribution in [0, 0.1) is 6.92 Å². The number of aromatic nitrogens is 2. The van der Waals surface area contributed by atoms with Gasteiger partial charge < -0.3 is 14.8 Å². The number of para-hydroxylation sites is 2. The Morgan fingerprint density at radius 3 is 2.86 bits per heavy atom. The van der Waals surface area contributed by atoms with Crippen molar-refractivity contribution in [3.63, 3.8) is 0 Å². The number of anilines is 1. The fourth-order valence-corrected chi connectivity index (χ4v) is 3.84. The van der Waals surface area contributed by atoms with E-state index in [0.29, 0.717) is 42.3 Å². The number of hydrogen-bond acceptors (Lipinski definition) is 3. The lowest BCUT2D eigenvalue weighted by atomic mass is 10.1. The number of nitrogens with one attached hydrogen (secondary N) is 1. The van der Waals surface area contributed by atoms with Gasteiger partial charge in [-0.05, 0) is 43.7 Å². The Balaban J connectivity index is 1.50. The van der Waals surface area contributed by atoms with Crippen molar-refractivity contribution in [3.8, 4) is 0 Å². The predicted octanol–water partition coefficient (Wildman–Crippen LogP) is 3.55. The number of fused-ring (bicyclic) bond motifs is 1. The van der Waals surface area contributed by atoms with Gasteiger partial charge in [-0.25, -0.2) is 4.98 Å².